The number of nitrogens with one attached hydrogen (secondary N) is 3. The summed E-state index contributed by atoms with van der Waals surface area (Å²) in [5.41, 5.74) is 7.94. The molecular weight excluding hydrogens is 586 g/mol. The summed E-state index contributed by atoms with van der Waals surface area (Å²) in [5, 5.41) is 15.7. The maximum Gasteiger partial charge on any atom is 0.328 e. The fraction of sp³-hybridized carbons (Fsp3) is 0.387. The number of fused-ring (bicyclic) bond motifs is 1. The lowest BCUT2D eigenvalue weighted by Crippen LogP contribution is -2.58. The summed E-state index contributed by atoms with van der Waals surface area (Å²) in [4.78, 5) is 69.6. The first-order valence-electron chi connectivity index (χ1n) is 14.1. The van der Waals surface area contributed by atoms with Crippen LogP contribution in [0.15, 0.2) is 60.8 Å². The van der Waals surface area contributed by atoms with E-state index in [9.17, 15) is 29.1 Å². The first-order valence-corrected chi connectivity index (χ1v) is 15.5. The van der Waals surface area contributed by atoms with Gasteiger partial charge in [-0.15, -0.1) is 0 Å². The molecule has 1 heterocycles. The molecule has 3 amide bonds. The number of hydrogen-bond donors (Lipinski definition) is 5. The molecule has 0 fully saturated rings. The second-order valence-corrected chi connectivity index (χ2v) is 11.3. The minimum absolute atomic E-state index is 0.0593. The van der Waals surface area contributed by atoms with Crippen molar-refractivity contribution in [3.63, 3.8) is 0 Å². The zero-order valence-corrected chi connectivity index (χ0v) is 25.8. The van der Waals surface area contributed by atoms with E-state index in [1.54, 1.807) is 36.5 Å². The Morgan fingerprint density at radius 3 is 2.30 bits per heavy atom. The number of carboxylic acids is 1. The van der Waals surface area contributed by atoms with Crippen LogP contribution in [-0.4, -0.2) is 87.9 Å². The molecule has 0 aliphatic heterocycles. The molecule has 0 radical (unpaired) electrons. The molecular formula is C31H39N5O7S. The summed E-state index contributed by atoms with van der Waals surface area (Å²) in [7, 11) is 1.21. The standard InChI is InChI=1S/C31H39N5O7S/c1-19(32)28(39)34-24(13-14-44-3)29(40)35-25(16-27(37)38)30(41)36(18-20-9-5-4-6-10-20)26(31(42)43-2)15-21-17-33-23-12-8-7-11-22(21)23/h4-12,17,19,24-26,33H,13-16,18,32H2,1-3H3,(H,34,39)(H,35,40)(H,37,38)/t19-,24-,25-,26-/m0/s1. The third-order valence-electron chi connectivity index (χ3n) is 7.07. The minimum atomic E-state index is -1.55. The number of carbonyl (C=O) groups excluding carboxylic acids is 4. The van der Waals surface area contributed by atoms with Crippen LogP contribution in [0.1, 0.15) is 30.9 Å². The number of nitrogens with two attached hydrogens (primary N) is 1. The third kappa shape index (κ3) is 9.32. The Kier molecular flexibility index (Phi) is 12.8. The Labute approximate surface area is 260 Å². The average Bonchev–Trinajstić information content (AvgIpc) is 3.42. The Morgan fingerprint density at radius 2 is 1.66 bits per heavy atom. The van der Waals surface area contributed by atoms with Crippen LogP contribution in [0.4, 0.5) is 0 Å². The van der Waals surface area contributed by atoms with E-state index in [2.05, 4.69) is 15.6 Å². The van der Waals surface area contributed by atoms with Crippen LogP contribution in [-0.2, 0) is 41.7 Å². The van der Waals surface area contributed by atoms with Crippen molar-refractivity contribution in [2.24, 2.45) is 5.73 Å². The number of aromatic amines is 1. The molecule has 12 nitrogen and oxygen atoms in total. The number of hydrogen-bond acceptors (Lipinski definition) is 8. The normalized spacial score (nSPS) is 13.7. The molecule has 3 aromatic rings. The number of aliphatic carboxylic acids is 1. The van der Waals surface area contributed by atoms with Crippen molar-refractivity contribution < 1.29 is 33.8 Å². The van der Waals surface area contributed by atoms with Crippen LogP contribution in [0, 0.1) is 0 Å². The van der Waals surface area contributed by atoms with E-state index in [-0.39, 0.29) is 19.4 Å². The Balaban J connectivity index is 2.01. The number of carboxylic acid groups (broad SMARTS) is 1. The molecule has 0 unspecified atom stereocenters. The number of aromatic nitrogens is 1. The van der Waals surface area contributed by atoms with E-state index in [4.69, 9.17) is 10.5 Å². The zero-order valence-electron chi connectivity index (χ0n) is 24.9. The number of thioether (sulfide) groups is 1. The zero-order chi connectivity index (χ0) is 32.2. The topological polar surface area (TPSA) is 184 Å². The van der Waals surface area contributed by atoms with E-state index in [1.165, 1.54) is 30.7 Å². The number of carbonyl (C=O) groups is 5. The van der Waals surface area contributed by atoms with Crippen molar-refractivity contribution >= 4 is 52.3 Å². The number of rotatable bonds is 16. The molecule has 1 aromatic heterocycles. The lowest BCUT2D eigenvalue weighted by Gasteiger charge is -2.33. The van der Waals surface area contributed by atoms with Gasteiger partial charge in [-0.05, 0) is 42.5 Å². The van der Waals surface area contributed by atoms with E-state index >= 15 is 0 Å². The second-order valence-electron chi connectivity index (χ2n) is 10.3. The van der Waals surface area contributed by atoms with Gasteiger partial charge in [0, 0.05) is 30.1 Å². The number of para-hydroxylation sites is 1. The fourth-order valence-corrected chi connectivity index (χ4v) is 5.21. The first-order chi connectivity index (χ1) is 21.0. The van der Waals surface area contributed by atoms with Crippen LogP contribution >= 0.6 is 11.8 Å². The van der Waals surface area contributed by atoms with Crippen LogP contribution in [0.25, 0.3) is 10.9 Å². The summed E-state index contributed by atoms with van der Waals surface area (Å²) >= 11 is 1.45. The molecule has 0 bridgehead atoms. The monoisotopic (exact) mass is 625 g/mol. The van der Waals surface area contributed by atoms with Crippen LogP contribution in [0.5, 0.6) is 0 Å². The van der Waals surface area contributed by atoms with Crippen molar-refractivity contribution in [1.82, 2.24) is 20.5 Å². The van der Waals surface area contributed by atoms with Crippen molar-refractivity contribution in [3.05, 3.63) is 71.9 Å². The molecule has 3 rings (SSSR count). The Bertz CT molecular complexity index is 1450. The lowest BCUT2D eigenvalue weighted by atomic mass is 10.0. The molecule has 236 valence electrons. The van der Waals surface area contributed by atoms with E-state index in [0.29, 0.717) is 11.3 Å². The number of esters is 1. The van der Waals surface area contributed by atoms with Crippen LogP contribution in [0.3, 0.4) is 0 Å². The Hall–Kier alpha value is -4.36. The van der Waals surface area contributed by atoms with Crippen LogP contribution < -0.4 is 16.4 Å². The van der Waals surface area contributed by atoms with Crippen molar-refractivity contribution in [3.8, 4) is 0 Å². The van der Waals surface area contributed by atoms with Gasteiger partial charge in [0.05, 0.1) is 19.6 Å². The molecule has 0 spiro atoms. The largest absolute Gasteiger partial charge is 0.481 e. The van der Waals surface area contributed by atoms with Crippen molar-refractivity contribution in [1.29, 1.82) is 0 Å². The van der Waals surface area contributed by atoms with Gasteiger partial charge in [0.25, 0.3) is 0 Å². The molecule has 2 aromatic carbocycles. The van der Waals surface area contributed by atoms with E-state index < -0.39 is 60.2 Å². The molecule has 0 aliphatic rings. The van der Waals surface area contributed by atoms with Gasteiger partial charge >= 0.3 is 11.9 Å². The first kappa shape index (κ1) is 34.1. The van der Waals surface area contributed by atoms with Gasteiger partial charge in [-0.2, -0.15) is 11.8 Å². The van der Waals surface area contributed by atoms with Gasteiger partial charge in [0.15, 0.2) is 0 Å². The highest BCUT2D eigenvalue weighted by molar-refractivity contribution is 7.98. The van der Waals surface area contributed by atoms with Crippen LogP contribution in [0.2, 0.25) is 0 Å². The van der Waals surface area contributed by atoms with Gasteiger partial charge in [-0.3, -0.25) is 19.2 Å². The maximum absolute atomic E-state index is 14.3. The summed E-state index contributed by atoms with van der Waals surface area (Å²) < 4.78 is 5.12. The Morgan fingerprint density at radius 1 is 1.00 bits per heavy atom. The van der Waals surface area contributed by atoms with E-state index in [1.807, 2.05) is 30.5 Å². The highest BCUT2D eigenvalue weighted by Gasteiger charge is 2.38. The summed E-state index contributed by atoms with van der Waals surface area (Å²) in [6.07, 6.45) is 3.11. The lowest BCUT2D eigenvalue weighted by molar-refractivity contribution is -0.155. The summed E-state index contributed by atoms with van der Waals surface area (Å²) in [6.45, 7) is 1.41. The molecule has 0 aliphatic carbocycles. The molecule has 13 heteroatoms. The number of methoxy groups -OCH3 is 1. The predicted molar refractivity (Wildman–Crippen MR) is 168 cm³/mol. The molecule has 4 atom stereocenters. The SMILES string of the molecule is COC(=O)[C@H](Cc1c[nH]c2ccccc12)N(Cc1ccccc1)C(=O)[C@H](CC(=O)O)NC(=O)[C@H](CCSC)NC(=O)[C@H](C)N. The van der Waals surface area contributed by atoms with E-state index in [0.717, 1.165) is 16.5 Å². The summed E-state index contributed by atoms with van der Waals surface area (Å²) in [6, 6.07) is 11.7. The van der Waals surface area contributed by atoms with Gasteiger partial charge < -0.3 is 36.1 Å². The molecule has 0 saturated carbocycles. The average molecular weight is 626 g/mol. The van der Waals surface area contributed by atoms with Crippen molar-refractivity contribution in [2.75, 3.05) is 19.1 Å². The van der Waals surface area contributed by atoms with Crippen molar-refractivity contribution in [2.45, 2.75) is 56.9 Å². The smallest absolute Gasteiger partial charge is 0.328 e. The third-order valence-corrected chi connectivity index (χ3v) is 7.71. The van der Waals surface area contributed by atoms with Gasteiger partial charge in [0.2, 0.25) is 17.7 Å². The predicted octanol–water partition coefficient (Wildman–Crippen LogP) is 1.83. The molecule has 44 heavy (non-hydrogen) atoms. The van der Waals surface area contributed by atoms with Gasteiger partial charge in [-0.25, -0.2) is 4.79 Å². The highest BCUT2D eigenvalue weighted by Crippen LogP contribution is 2.23. The summed E-state index contributed by atoms with van der Waals surface area (Å²) in [5.74, 6) is -3.63. The minimum Gasteiger partial charge on any atom is -0.481 e. The molecule has 6 N–H and O–H groups in total. The molecule has 0 saturated heterocycles. The number of amides is 3. The number of benzene rings is 2. The van der Waals surface area contributed by atoms with Gasteiger partial charge in [0.1, 0.15) is 18.1 Å². The number of ether oxygens (including phenoxy) is 1. The highest BCUT2D eigenvalue weighted by atomic mass is 32.2. The number of nitrogens with zero attached hydrogens (tertiary/aromatic N) is 1. The fourth-order valence-electron chi connectivity index (χ4n) is 4.74. The van der Waals surface area contributed by atoms with Gasteiger partial charge in [-0.1, -0.05) is 48.5 Å². The maximum atomic E-state index is 14.3. The quantitative estimate of drug-likeness (QED) is 0.148. The second kappa shape index (κ2) is 16.5. The number of H-pyrrole nitrogens is 1.